The zero-order valence-electron chi connectivity index (χ0n) is 13.2. The fourth-order valence-electron chi connectivity index (χ4n) is 2.20. The lowest BCUT2D eigenvalue weighted by atomic mass is 10.1. The fourth-order valence-corrected chi connectivity index (χ4v) is 2.20. The molecule has 0 aromatic heterocycles. The molecule has 1 aliphatic heterocycles. The van der Waals surface area contributed by atoms with Crippen LogP contribution in [0.15, 0.2) is 23.8 Å². The summed E-state index contributed by atoms with van der Waals surface area (Å²) < 4.78 is 11.3. The molecule has 122 valence electrons. The summed E-state index contributed by atoms with van der Waals surface area (Å²) in [5, 5.41) is 3.03. The first-order valence-electron chi connectivity index (χ1n) is 7.16. The Labute approximate surface area is 137 Å². The summed E-state index contributed by atoms with van der Waals surface area (Å²) in [6.07, 6.45) is 1.89. The lowest BCUT2D eigenvalue weighted by Crippen LogP contribution is -2.35. The van der Waals surface area contributed by atoms with Crippen LogP contribution in [-0.4, -0.2) is 51.2 Å². The van der Waals surface area contributed by atoms with Crippen LogP contribution in [0.5, 0.6) is 11.5 Å². The second-order valence-electron chi connectivity index (χ2n) is 4.90. The Hall–Kier alpha value is -1.72. The lowest BCUT2D eigenvalue weighted by Gasteiger charge is -2.23. The zero-order chi connectivity index (χ0) is 15.2. The third kappa shape index (κ3) is 4.15. The maximum atomic E-state index is 12.3. The Bertz CT molecular complexity index is 546. The van der Waals surface area contributed by atoms with E-state index in [0.29, 0.717) is 24.5 Å². The van der Waals surface area contributed by atoms with E-state index in [-0.39, 0.29) is 24.9 Å². The molecule has 1 aliphatic rings. The van der Waals surface area contributed by atoms with Gasteiger partial charge in [-0.2, -0.15) is 0 Å². The van der Waals surface area contributed by atoms with E-state index in [2.05, 4.69) is 5.32 Å². The van der Waals surface area contributed by atoms with Crippen LogP contribution < -0.4 is 14.8 Å². The molecular weight excluding hydrogens is 304 g/mol. The number of carbonyl (C=O) groups excluding carboxylic acids is 1. The van der Waals surface area contributed by atoms with Gasteiger partial charge >= 0.3 is 0 Å². The Morgan fingerprint density at radius 3 is 2.91 bits per heavy atom. The van der Waals surface area contributed by atoms with Gasteiger partial charge in [0.2, 0.25) is 0 Å². The maximum Gasteiger partial charge on any atom is 0.253 e. The standard InChI is InChI=1S/C16H22N2O3.ClH/c1-4-20-14-7-5-6-12-10-13(11-21-15(12)14)16(19)18(3)9-8-17-2;/h5-7,10,17H,4,8-9,11H2,1-3H3;1H. The van der Waals surface area contributed by atoms with Crippen molar-refractivity contribution in [2.24, 2.45) is 0 Å². The van der Waals surface area contributed by atoms with Crippen molar-refractivity contribution >= 4 is 24.4 Å². The molecular formula is C16H23ClN2O3. The number of hydrogen-bond donors (Lipinski definition) is 1. The predicted molar refractivity (Wildman–Crippen MR) is 89.9 cm³/mol. The van der Waals surface area contributed by atoms with Crippen molar-refractivity contribution in [2.45, 2.75) is 6.92 Å². The van der Waals surface area contributed by atoms with Crippen LogP contribution in [0.4, 0.5) is 0 Å². The van der Waals surface area contributed by atoms with Crippen LogP contribution >= 0.6 is 12.4 Å². The van der Waals surface area contributed by atoms with E-state index in [1.165, 1.54) is 0 Å². The number of para-hydroxylation sites is 1. The maximum absolute atomic E-state index is 12.3. The van der Waals surface area contributed by atoms with Gasteiger partial charge in [-0.1, -0.05) is 12.1 Å². The molecule has 0 unspecified atom stereocenters. The minimum atomic E-state index is -0.00212. The number of likely N-dealkylation sites (N-methyl/N-ethyl adjacent to an activating group) is 2. The molecule has 2 rings (SSSR count). The molecule has 1 aromatic carbocycles. The lowest BCUT2D eigenvalue weighted by molar-refractivity contribution is -0.126. The zero-order valence-corrected chi connectivity index (χ0v) is 14.0. The minimum Gasteiger partial charge on any atom is -0.490 e. The molecule has 0 bridgehead atoms. The van der Waals surface area contributed by atoms with Crippen LogP contribution in [0.1, 0.15) is 12.5 Å². The van der Waals surface area contributed by atoms with E-state index < -0.39 is 0 Å². The summed E-state index contributed by atoms with van der Waals surface area (Å²) in [6.45, 7) is 4.23. The average molecular weight is 327 g/mol. The van der Waals surface area contributed by atoms with Gasteiger partial charge in [0.15, 0.2) is 11.5 Å². The Morgan fingerprint density at radius 1 is 1.45 bits per heavy atom. The van der Waals surface area contributed by atoms with Gasteiger partial charge in [0.1, 0.15) is 6.61 Å². The number of nitrogens with zero attached hydrogens (tertiary/aromatic N) is 1. The molecule has 0 atom stereocenters. The first-order valence-corrected chi connectivity index (χ1v) is 7.16. The van der Waals surface area contributed by atoms with Crippen LogP contribution in [-0.2, 0) is 4.79 Å². The Balaban J connectivity index is 0.00000242. The van der Waals surface area contributed by atoms with E-state index >= 15 is 0 Å². The highest BCUT2D eigenvalue weighted by Crippen LogP contribution is 2.35. The van der Waals surface area contributed by atoms with Crippen molar-refractivity contribution in [3.8, 4) is 11.5 Å². The summed E-state index contributed by atoms with van der Waals surface area (Å²) in [5.41, 5.74) is 1.55. The quantitative estimate of drug-likeness (QED) is 0.868. The van der Waals surface area contributed by atoms with Crippen molar-refractivity contribution in [2.75, 3.05) is 40.4 Å². The Morgan fingerprint density at radius 2 is 2.23 bits per heavy atom. The molecule has 0 saturated heterocycles. The summed E-state index contributed by atoms with van der Waals surface area (Å²) in [4.78, 5) is 14.0. The molecule has 22 heavy (non-hydrogen) atoms. The molecule has 0 aliphatic carbocycles. The number of benzene rings is 1. The van der Waals surface area contributed by atoms with Crippen LogP contribution in [0.25, 0.3) is 6.08 Å². The number of amides is 1. The molecule has 1 N–H and O–H groups in total. The fraction of sp³-hybridized carbons (Fsp3) is 0.438. The highest BCUT2D eigenvalue weighted by Gasteiger charge is 2.22. The van der Waals surface area contributed by atoms with Gasteiger partial charge in [-0.05, 0) is 26.1 Å². The van der Waals surface area contributed by atoms with E-state index in [1.807, 2.05) is 38.2 Å². The van der Waals surface area contributed by atoms with Gasteiger partial charge in [0.25, 0.3) is 5.91 Å². The molecule has 1 aromatic rings. The second kappa shape index (κ2) is 8.66. The summed E-state index contributed by atoms with van der Waals surface area (Å²) in [7, 11) is 3.67. The smallest absolute Gasteiger partial charge is 0.253 e. The molecule has 0 radical (unpaired) electrons. The number of hydrogen-bond acceptors (Lipinski definition) is 4. The van der Waals surface area contributed by atoms with E-state index in [9.17, 15) is 4.79 Å². The van der Waals surface area contributed by atoms with Crippen LogP contribution in [0, 0.1) is 0 Å². The molecule has 0 spiro atoms. The number of rotatable bonds is 6. The van der Waals surface area contributed by atoms with E-state index in [1.54, 1.807) is 11.9 Å². The van der Waals surface area contributed by atoms with Crippen molar-refractivity contribution in [3.63, 3.8) is 0 Å². The number of nitrogens with one attached hydrogen (secondary N) is 1. The summed E-state index contributed by atoms with van der Waals surface area (Å²) in [5.74, 6) is 1.44. The number of ether oxygens (including phenoxy) is 2. The highest BCUT2D eigenvalue weighted by atomic mass is 35.5. The van der Waals surface area contributed by atoms with Crippen molar-refractivity contribution in [1.82, 2.24) is 10.2 Å². The molecule has 0 fully saturated rings. The largest absolute Gasteiger partial charge is 0.490 e. The van der Waals surface area contributed by atoms with Crippen LogP contribution in [0.2, 0.25) is 0 Å². The van der Waals surface area contributed by atoms with Gasteiger partial charge in [0.05, 0.1) is 12.2 Å². The third-order valence-electron chi connectivity index (χ3n) is 3.33. The first kappa shape index (κ1) is 18.3. The molecule has 1 amide bonds. The molecule has 1 heterocycles. The van der Waals surface area contributed by atoms with Gasteiger partial charge in [-0.25, -0.2) is 0 Å². The highest BCUT2D eigenvalue weighted by molar-refractivity contribution is 5.99. The first-order chi connectivity index (χ1) is 10.2. The van der Waals surface area contributed by atoms with E-state index in [0.717, 1.165) is 17.9 Å². The average Bonchev–Trinajstić information content (AvgIpc) is 2.52. The summed E-state index contributed by atoms with van der Waals surface area (Å²) in [6, 6.07) is 5.71. The van der Waals surface area contributed by atoms with Crippen LogP contribution in [0.3, 0.4) is 0 Å². The van der Waals surface area contributed by atoms with E-state index in [4.69, 9.17) is 9.47 Å². The van der Waals surface area contributed by atoms with Gasteiger partial charge in [-0.15, -0.1) is 12.4 Å². The molecule has 6 heteroatoms. The predicted octanol–water partition coefficient (Wildman–Crippen LogP) is 1.96. The van der Waals surface area contributed by atoms with Crippen molar-refractivity contribution in [1.29, 1.82) is 0 Å². The van der Waals surface area contributed by atoms with Crippen molar-refractivity contribution < 1.29 is 14.3 Å². The topological polar surface area (TPSA) is 50.8 Å². The van der Waals surface area contributed by atoms with Gasteiger partial charge in [-0.3, -0.25) is 4.79 Å². The molecule has 5 nitrogen and oxygen atoms in total. The van der Waals surface area contributed by atoms with Gasteiger partial charge < -0.3 is 19.7 Å². The second-order valence-corrected chi connectivity index (χ2v) is 4.90. The number of carbonyl (C=O) groups is 1. The SMILES string of the molecule is CCOc1cccc2c1OCC(C(=O)N(C)CCNC)=C2.Cl. The summed E-state index contributed by atoms with van der Waals surface area (Å²) >= 11 is 0. The number of halogens is 1. The normalized spacial score (nSPS) is 12.4. The minimum absolute atomic E-state index is 0. The Kier molecular flexibility index (Phi) is 7.21. The van der Waals surface area contributed by atoms with Gasteiger partial charge in [0, 0.05) is 25.7 Å². The number of fused-ring (bicyclic) bond motifs is 1. The monoisotopic (exact) mass is 326 g/mol. The van der Waals surface area contributed by atoms with Crippen molar-refractivity contribution in [3.05, 3.63) is 29.3 Å². The third-order valence-corrected chi connectivity index (χ3v) is 3.33. The molecule has 0 saturated carbocycles.